The summed E-state index contributed by atoms with van der Waals surface area (Å²) in [6.07, 6.45) is -0.324. The van der Waals surface area contributed by atoms with Crippen LogP contribution >= 0.6 is 0 Å². The molecule has 1 fully saturated rings. The predicted molar refractivity (Wildman–Crippen MR) is 43.3 cm³/mol. The Bertz CT molecular complexity index is 233. The first-order valence-corrected chi connectivity index (χ1v) is 4.27. The van der Waals surface area contributed by atoms with E-state index in [-0.39, 0.29) is 54.0 Å². The average Bonchev–Trinajstić information content (AvgIpc) is 2.03. The molecule has 1 rings (SSSR count). The number of hydrogen-bond acceptors (Lipinski definition) is 4. The number of carboxylic acid groups (broad SMARTS) is 1. The molecule has 1 amide bonds. The fraction of sp³-hybridized carbons (Fsp3) is 0.750. The molecule has 0 aromatic carbocycles. The molecule has 2 N–H and O–H groups in total. The summed E-state index contributed by atoms with van der Waals surface area (Å²) >= 11 is 0. The van der Waals surface area contributed by atoms with Crippen molar-refractivity contribution in [1.82, 2.24) is 10.6 Å². The SMILES string of the molecule is CC(C)C1NC(=O)C[C@@H](C(=O)[O-])N1.[Na+]. The van der Waals surface area contributed by atoms with E-state index in [0.29, 0.717) is 0 Å². The second-order valence-electron chi connectivity index (χ2n) is 3.53. The molecule has 14 heavy (non-hydrogen) atoms. The van der Waals surface area contributed by atoms with Crippen LogP contribution in [0.5, 0.6) is 0 Å². The Kier molecular flexibility index (Phi) is 5.66. The minimum absolute atomic E-state index is 0. The summed E-state index contributed by atoms with van der Waals surface area (Å²) in [5.41, 5.74) is 0. The molecular weight excluding hydrogens is 195 g/mol. The van der Waals surface area contributed by atoms with Gasteiger partial charge in [0.1, 0.15) is 0 Å². The molecule has 1 aliphatic heterocycles. The molecule has 0 aromatic rings. The van der Waals surface area contributed by atoms with Crippen molar-refractivity contribution in [3.05, 3.63) is 0 Å². The maximum absolute atomic E-state index is 11.1. The van der Waals surface area contributed by atoms with E-state index in [1.807, 2.05) is 13.8 Å². The molecule has 1 unspecified atom stereocenters. The minimum atomic E-state index is -1.22. The third-order valence-corrected chi connectivity index (χ3v) is 2.04. The van der Waals surface area contributed by atoms with E-state index < -0.39 is 12.0 Å². The zero-order valence-electron chi connectivity index (χ0n) is 8.66. The molecule has 0 radical (unpaired) electrons. The number of rotatable bonds is 2. The van der Waals surface area contributed by atoms with Crippen molar-refractivity contribution in [2.75, 3.05) is 0 Å². The Balaban J connectivity index is 0.00000169. The maximum Gasteiger partial charge on any atom is 1.00 e. The molecule has 0 bridgehead atoms. The van der Waals surface area contributed by atoms with Crippen LogP contribution in [-0.2, 0) is 9.59 Å². The summed E-state index contributed by atoms with van der Waals surface area (Å²) in [6.45, 7) is 3.80. The second-order valence-corrected chi connectivity index (χ2v) is 3.53. The van der Waals surface area contributed by atoms with Gasteiger partial charge in [0.2, 0.25) is 5.91 Å². The second kappa shape index (κ2) is 5.70. The first-order valence-electron chi connectivity index (χ1n) is 4.27. The van der Waals surface area contributed by atoms with Gasteiger partial charge in [0, 0.05) is 6.42 Å². The van der Waals surface area contributed by atoms with Crippen LogP contribution in [0.2, 0.25) is 0 Å². The standard InChI is InChI=1S/C8H14N2O3.Na/c1-4(2)7-9-5(8(12)13)3-6(11)10-7;/h4-5,7,9H,3H2,1-2H3,(H,10,11)(H,12,13);/q;+1/p-1/t5-,7?;/m0./s1. The van der Waals surface area contributed by atoms with E-state index in [4.69, 9.17) is 0 Å². The van der Waals surface area contributed by atoms with E-state index in [9.17, 15) is 14.7 Å². The van der Waals surface area contributed by atoms with Gasteiger partial charge in [0.25, 0.3) is 0 Å². The zero-order valence-corrected chi connectivity index (χ0v) is 10.7. The van der Waals surface area contributed by atoms with Crippen molar-refractivity contribution in [3.8, 4) is 0 Å². The fourth-order valence-electron chi connectivity index (χ4n) is 1.25. The molecule has 0 saturated carbocycles. The average molecular weight is 208 g/mol. The third-order valence-electron chi connectivity index (χ3n) is 2.04. The first kappa shape index (κ1) is 13.9. The molecule has 0 aromatic heterocycles. The van der Waals surface area contributed by atoms with Crippen LogP contribution in [0.3, 0.4) is 0 Å². The summed E-state index contributed by atoms with van der Waals surface area (Å²) in [4.78, 5) is 21.6. The van der Waals surface area contributed by atoms with Crippen LogP contribution in [-0.4, -0.2) is 24.1 Å². The molecule has 0 aliphatic carbocycles. The van der Waals surface area contributed by atoms with E-state index in [0.717, 1.165) is 0 Å². The number of nitrogens with one attached hydrogen (secondary N) is 2. The van der Waals surface area contributed by atoms with Gasteiger partial charge in [-0.3, -0.25) is 10.1 Å². The van der Waals surface area contributed by atoms with E-state index in [1.54, 1.807) is 0 Å². The van der Waals surface area contributed by atoms with Gasteiger partial charge in [-0.05, 0) is 5.92 Å². The predicted octanol–water partition coefficient (Wildman–Crippen LogP) is -4.80. The summed E-state index contributed by atoms with van der Waals surface area (Å²) in [5.74, 6) is -1.31. The van der Waals surface area contributed by atoms with E-state index in [1.165, 1.54) is 0 Å². The van der Waals surface area contributed by atoms with Gasteiger partial charge in [-0.25, -0.2) is 0 Å². The number of hydrogen-bond donors (Lipinski definition) is 2. The van der Waals surface area contributed by atoms with Crippen molar-refractivity contribution >= 4 is 11.9 Å². The Hall–Kier alpha value is -0.100. The quantitative estimate of drug-likeness (QED) is 0.446. The largest absolute Gasteiger partial charge is 1.00 e. The molecule has 2 atom stereocenters. The van der Waals surface area contributed by atoms with Crippen LogP contribution < -0.4 is 45.3 Å². The number of carboxylic acids is 1. The summed E-state index contributed by atoms with van der Waals surface area (Å²) < 4.78 is 0. The summed E-state index contributed by atoms with van der Waals surface area (Å²) in [6, 6.07) is -0.860. The normalized spacial score (nSPS) is 26.6. The Morgan fingerprint density at radius 1 is 1.57 bits per heavy atom. The minimum Gasteiger partial charge on any atom is -0.548 e. The van der Waals surface area contributed by atoms with Crippen molar-refractivity contribution in [1.29, 1.82) is 0 Å². The van der Waals surface area contributed by atoms with Crippen LogP contribution in [0.1, 0.15) is 20.3 Å². The number of carbonyl (C=O) groups is 2. The Morgan fingerprint density at radius 2 is 2.14 bits per heavy atom. The van der Waals surface area contributed by atoms with Crippen molar-refractivity contribution in [2.45, 2.75) is 32.5 Å². The van der Waals surface area contributed by atoms with Gasteiger partial charge in [-0.2, -0.15) is 0 Å². The fourth-order valence-corrected chi connectivity index (χ4v) is 1.25. The topological polar surface area (TPSA) is 81.3 Å². The van der Waals surface area contributed by atoms with Crippen LogP contribution in [0.15, 0.2) is 0 Å². The van der Waals surface area contributed by atoms with Gasteiger partial charge in [-0.15, -0.1) is 0 Å². The van der Waals surface area contributed by atoms with Gasteiger partial charge >= 0.3 is 29.6 Å². The summed E-state index contributed by atoms with van der Waals surface area (Å²) in [7, 11) is 0. The van der Waals surface area contributed by atoms with E-state index in [2.05, 4.69) is 10.6 Å². The van der Waals surface area contributed by atoms with Crippen molar-refractivity contribution in [2.24, 2.45) is 5.92 Å². The molecular formula is C8H13N2NaO3. The maximum atomic E-state index is 11.1. The number of aliphatic carboxylic acids is 1. The van der Waals surface area contributed by atoms with E-state index >= 15 is 0 Å². The molecule has 74 valence electrons. The molecule has 0 spiro atoms. The Morgan fingerprint density at radius 3 is 2.57 bits per heavy atom. The van der Waals surface area contributed by atoms with Gasteiger partial charge < -0.3 is 15.2 Å². The van der Waals surface area contributed by atoms with Gasteiger partial charge in [-0.1, -0.05) is 13.8 Å². The Labute approximate surface area is 105 Å². The van der Waals surface area contributed by atoms with Crippen LogP contribution in [0.4, 0.5) is 0 Å². The van der Waals surface area contributed by atoms with Gasteiger partial charge in [0.05, 0.1) is 18.2 Å². The molecule has 1 aliphatic rings. The monoisotopic (exact) mass is 208 g/mol. The van der Waals surface area contributed by atoms with Crippen LogP contribution in [0, 0.1) is 5.92 Å². The molecule has 1 saturated heterocycles. The summed E-state index contributed by atoms with van der Waals surface area (Å²) in [5, 5.41) is 16.0. The zero-order chi connectivity index (χ0) is 10.0. The molecule has 1 heterocycles. The number of carbonyl (C=O) groups excluding carboxylic acids is 2. The molecule has 6 heteroatoms. The van der Waals surface area contributed by atoms with Crippen molar-refractivity contribution in [3.63, 3.8) is 0 Å². The first-order chi connectivity index (χ1) is 6.00. The van der Waals surface area contributed by atoms with Crippen molar-refractivity contribution < 1.29 is 44.3 Å². The van der Waals surface area contributed by atoms with Gasteiger partial charge in [0.15, 0.2) is 0 Å². The van der Waals surface area contributed by atoms with Crippen LogP contribution in [0.25, 0.3) is 0 Å². The smallest absolute Gasteiger partial charge is 0.548 e. The molecule has 5 nitrogen and oxygen atoms in total. The third kappa shape index (κ3) is 3.57. The number of amides is 1.